The highest BCUT2D eigenvalue weighted by molar-refractivity contribution is 9.10. The molecule has 28 heavy (non-hydrogen) atoms. The molecule has 1 heterocycles. The Kier molecular flexibility index (Phi) is 5.15. The third-order valence-electron chi connectivity index (χ3n) is 4.12. The van der Waals surface area contributed by atoms with Gasteiger partial charge in [0.1, 0.15) is 10.9 Å². The number of amides is 1. The van der Waals surface area contributed by atoms with Gasteiger partial charge in [0.15, 0.2) is 5.76 Å². The Labute approximate surface area is 173 Å². The predicted molar refractivity (Wildman–Crippen MR) is 113 cm³/mol. The van der Waals surface area contributed by atoms with Gasteiger partial charge >= 0.3 is 0 Å². The largest absolute Gasteiger partial charge is 0.355 e. The summed E-state index contributed by atoms with van der Waals surface area (Å²) in [6.45, 7) is 0. The van der Waals surface area contributed by atoms with Crippen LogP contribution in [-0.4, -0.2) is 11.1 Å². The van der Waals surface area contributed by atoms with Crippen LogP contribution in [0.3, 0.4) is 0 Å². The minimum Gasteiger partial charge on any atom is -0.355 e. The molecule has 0 atom stereocenters. The number of nitrogens with zero attached hydrogens (tertiary/aromatic N) is 2. The van der Waals surface area contributed by atoms with E-state index in [1.807, 2.05) is 29.7 Å². The van der Waals surface area contributed by atoms with E-state index in [0.29, 0.717) is 22.5 Å². The first-order chi connectivity index (χ1) is 13.6. The molecule has 3 aromatic carbocycles. The second-order valence-electron chi connectivity index (χ2n) is 5.92. The summed E-state index contributed by atoms with van der Waals surface area (Å²) >= 11 is 4.49. The zero-order valence-corrected chi connectivity index (χ0v) is 16.8. The summed E-state index contributed by atoms with van der Waals surface area (Å²) in [6.07, 6.45) is 0. The summed E-state index contributed by atoms with van der Waals surface area (Å²) in [5.41, 5.74) is 2.73. The number of hydrogen-bond acceptors (Lipinski definition) is 5. The summed E-state index contributed by atoms with van der Waals surface area (Å²) in [7, 11) is 0. The molecule has 4 rings (SSSR count). The second kappa shape index (κ2) is 7.89. The van der Waals surface area contributed by atoms with Crippen LogP contribution < -0.4 is 5.32 Å². The standard InChI is InChI=1S/C21H12BrN3O2S/c22-15-4-1-13(2-5-15)20-18-11-14(3-10-19(18)25-27-20)21(26)24-16-6-8-17(9-7-16)28-12-23/h1-11H,(H,24,26). The van der Waals surface area contributed by atoms with Gasteiger partial charge in [0, 0.05) is 26.2 Å². The van der Waals surface area contributed by atoms with E-state index in [0.717, 1.165) is 32.1 Å². The molecule has 136 valence electrons. The summed E-state index contributed by atoms with van der Waals surface area (Å²) < 4.78 is 6.48. The van der Waals surface area contributed by atoms with Crippen molar-refractivity contribution in [3.05, 3.63) is 76.8 Å². The van der Waals surface area contributed by atoms with E-state index < -0.39 is 0 Å². The number of nitrogens with one attached hydrogen (secondary N) is 1. The molecule has 0 aliphatic carbocycles. The molecule has 5 nitrogen and oxygen atoms in total. The highest BCUT2D eigenvalue weighted by Gasteiger charge is 2.14. The first kappa shape index (κ1) is 18.3. The van der Waals surface area contributed by atoms with Crippen molar-refractivity contribution in [2.24, 2.45) is 0 Å². The molecule has 0 radical (unpaired) electrons. The van der Waals surface area contributed by atoms with Crippen LogP contribution in [-0.2, 0) is 0 Å². The number of thiocyanates is 1. The maximum absolute atomic E-state index is 12.7. The first-order valence-electron chi connectivity index (χ1n) is 8.27. The van der Waals surface area contributed by atoms with Gasteiger partial charge in [0.2, 0.25) is 0 Å². The summed E-state index contributed by atoms with van der Waals surface area (Å²) in [6, 6.07) is 20.1. The molecule has 7 heteroatoms. The smallest absolute Gasteiger partial charge is 0.255 e. The van der Waals surface area contributed by atoms with Crippen LogP contribution in [0.1, 0.15) is 10.4 Å². The fourth-order valence-electron chi connectivity index (χ4n) is 2.75. The van der Waals surface area contributed by atoms with Gasteiger partial charge < -0.3 is 9.84 Å². The van der Waals surface area contributed by atoms with Gasteiger partial charge in [-0.1, -0.05) is 21.1 Å². The zero-order chi connectivity index (χ0) is 19.5. The van der Waals surface area contributed by atoms with Crippen LogP contribution in [0.4, 0.5) is 5.69 Å². The van der Waals surface area contributed by atoms with Gasteiger partial charge in [-0.3, -0.25) is 4.79 Å². The maximum Gasteiger partial charge on any atom is 0.255 e. The molecule has 0 aliphatic heterocycles. The zero-order valence-electron chi connectivity index (χ0n) is 14.3. The van der Waals surface area contributed by atoms with Crippen molar-refractivity contribution in [2.45, 2.75) is 4.90 Å². The van der Waals surface area contributed by atoms with Crippen LogP contribution in [0.15, 0.2) is 80.6 Å². The predicted octanol–water partition coefficient (Wildman–Crippen LogP) is 6.08. The Bertz CT molecular complexity index is 1200. The number of carbonyl (C=O) groups is 1. The van der Waals surface area contributed by atoms with Crippen LogP contribution in [0.25, 0.3) is 22.2 Å². The Morgan fingerprint density at radius 2 is 1.82 bits per heavy atom. The molecule has 0 fully saturated rings. The minimum atomic E-state index is -0.231. The van der Waals surface area contributed by atoms with Crippen molar-refractivity contribution in [2.75, 3.05) is 5.32 Å². The van der Waals surface area contributed by atoms with Gasteiger partial charge in [-0.25, -0.2) is 0 Å². The van der Waals surface area contributed by atoms with Crippen molar-refractivity contribution < 1.29 is 9.32 Å². The number of aromatic nitrogens is 1. The van der Waals surface area contributed by atoms with E-state index in [1.165, 1.54) is 0 Å². The normalized spacial score (nSPS) is 10.6. The SMILES string of the molecule is N#CSc1ccc(NC(=O)c2ccc3noc(-c4ccc(Br)cc4)c3c2)cc1. The molecular formula is C21H12BrN3O2S. The topological polar surface area (TPSA) is 78.9 Å². The molecule has 1 aromatic heterocycles. The van der Waals surface area contributed by atoms with Gasteiger partial charge in [-0.15, -0.1) is 0 Å². The third-order valence-corrected chi connectivity index (χ3v) is 5.25. The number of anilines is 1. The lowest BCUT2D eigenvalue weighted by Gasteiger charge is -2.06. The lowest BCUT2D eigenvalue weighted by atomic mass is 10.1. The number of nitriles is 1. The summed E-state index contributed by atoms with van der Waals surface area (Å²) in [5.74, 6) is 0.389. The average molecular weight is 450 g/mol. The average Bonchev–Trinajstić information content (AvgIpc) is 3.13. The Morgan fingerprint density at radius 3 is 2.54 bits per heavy atom. The summed E-state index contributed by atoms with van der Waals surface area (Å²) in [4.78, 5) is 13.5. The van der Waals surface area contributed by atoms with Gasteiger partial charge in [0.05, 0.1) is 5.39 Å². The van der Waals surface area contributed by atoms with Gasteiger partial charge in [0.25, 0.3) is 5.91 Å². The fraction of sp³-hybridized carbons (Fsp3) is 0. The van der Waals surface area contributed by atoms with E-state index >= 15 is 0 Å². The van der Waals surface area contributed by atoms with E-state index in [1.54, 1.807) is 42.5 Å². The number of rotatable bonds is 4. The highest BCUT2D eigenvalue weighted by Crippen LogP contribution is 2.30. The highest BCUT2D eigenvalue weighted by atomic mass is 79.9. The van der Waals surface area contributed by atoms with Gasteiger partial charge in [-0.2, -0.15) is 5.26 Å². The van der Waals surface area contributed by atoms with Crippen LogP contribution in [0.5, 0.6) is 0 Å². The molecule has 0 bridgehead atoms. The van der Waals surface area contributed by atoms with Crippen LogP contribution in [0, 0.1) is 10.7 Å². The molecule has 0 unspecified atom stereocenters. The van der Waals surface area contributed by atoms with Gasteiger partial charge in [-0.05, 0) is 78.5 Å². The van der Waals surface area contributed by atoms with E-state index in [-0.39, 0.29) is 5.91 Å². The minimum absolute atomic E-state index is 0.231. The van der Waals surface area contributed by atoms with Crippen molar-refractivity contribution in [3.8, 4) is 16.7 Å². The number of carbonyl (C=O) groups excluding carboxylic acids is 1. The van der Waals surface area contributed by atoms with E-state index in [2.05, 4.69) is 26.4 Å². The number of halogens is 1. The number of hydrogen-bond donors (Lipinski definition) is 1. The van der Waals surface area contributed by atoms with Crippen molar-refractivity contribution >= 4 is 50.2 Å². The Balaban J connectivity index is 1.61. The van der Waals surface area contributed by atoms with E-state index in [4.69, 9.17) is 9.78 Å². The summed E-state index contributed by atoms with van der Waals surface area (Å²) in [5, 5.41) is 18.4. The molecule has 4 aromatic rings. The lowest BCUT2D eigenvalue weighted by Crippen LogP contribution is -2.11. The fourth-order valence-corrected chi connectivity index (χ4v) is 3.40. The monoisotopic (exact) mass is 449 g/mol. The molecule has 1 amide bonds. The van der Waals surface area contributed by atoms with Crippen LogP contribution in [0.2, 0.25) is 0 Å². The Hall–Kier alpha value is -3.08. The van der Waals surface area contributed by atoms with Crippen molar-refractivity contribution in [1.82, 2.24) is 5.16 Å². The van der Waals surface area contributed by atoms with Crippen molar-refractivity contribution in [3.63, 3.8) is 0 Å². The number of fused-ring (bicyclic) bond motifs is 1. The Morgan fingerprint density at radius 1 is 1.07 bits per heavy atom. The lowest BCUT2D eigenvalue weighted by molar-refractivity contribution is 0.102. The van der Waals surface area contributed by atoms with Crippen LogP contribution >= 0.6 is 27.7 Å². The molecule has 0 saturated heterocycles. The number of thioether (sulfide) groups is 1. The number of benzene rings is 3. The van der Waals surface area contributed by atoms with E-state index in [9.17, 15) is 4.79 Å². The molecule has 1 N–H and O–H groups in total. The molecule has 0 spiro atoms. The first-order valence-corrected chi connectivity index (χ1v) is 9.88. The van der Waals surface area contributed by atoms with Crippen molar-refractivity contribution in [1.29, 1.82) is 5.26 Å². The third kappa shape index (κ3) is 3.79. The molecule has 0 aliphatic rings. The molecular weight excluding hydrogens is 438 g/mol. The molecule has 0 saturated carbocycles. The second-order valence-corrected chi connectivity index (χ2v) is 7.70. The quantitative estimate of drug-likeness (QED) is 0.301. The maximum atomic E-state index is 12.7.